The fraction of sp³-hybridized carbons (Fsp3) is 0.300. The van der Waals surface area contributed by atoms with Gasteiger partial charge in [-0.1, -0.05) is 11.6 Å². The Morgan fingerprint density at radius 3 is 2.29 bits per heavy atom. The molecule has 0 fully saturated rings. The molecule has 0 saturated carbocycles. The van der Waals surface area contributed by atoms with Crippen molar-refractivity contribution in [2.24, 2.45) is 0 Å². The number of ether oxygens (including phenoxy) is 1. The lowest BCUT2D eigenvalue weighted by Crippen LogP contribution is -2.05. The van der Waals surface area contributed by atoms with Crippen LogP contribution in [0.25, 0.3) is 0 Å². The van der Waals surface area contributed by atoms with Gasteiger partial charge in [-0.25, -0.2) is 8.78 Å². The van der Waals surface area contributed by atoms with Crippen LogP contribution in [0.5, 0.6) is 5.75 Å². The maximum atomic E-state index is 12.5. The highest BCUT2D eigenvalue weighted by molar-refractivity contribution is 6.34. The van der Waals surface area contributed by atoms with E-state index in [-0.39, 0.29) is 5.56 Å². The first-order valence-corrected chi connectivity index (χ1v) is 4.78. The molecule has 0 atom stereocenters. The molecule has 0 aliphatic carbocycles. The van der Waals surface area contributed by atoms with Crippen molar-refractivity contribution in [1.29, 1.82) is 0 Å². The number of carbonyl (C=O) groups is 1. The van der Waals surface area contributed by atoms with Gasteiger partial charge < -0.3 is 4.74 Å². The van der Waals surface area contributed by atoms with Gasteiger partial charge in [0.05, 0.1) is 5.02 Å². The zero-order valence-corrected chi connectivity index (χ0v) is 9.27. The van der Waals surface area contributed by atoms with Crippen molar-refractivity contribution in [3.63, 3.8) is 0 Å². The Balaban J connectivity index is 3.31. The summed E-state index contributed by atoms with van der Waals surface area (Å²) >= 11 is 5.56. The predicted octanol–water partition coefficient (Wildman–Crippen LogP) is 4.08. The maximum Gasteiger partial charge on any atom is 0.387 e. The number of ketones is 1. The van der Waals surface area contributed by atoms with Crippen molar-refractivity contribution >= 4 is 17.4 Å². The van der Waals surface area contributed by atoms with Crippen LogP contribution in [0.2, 0.25) is 5.02 Å². The molecule has 7 heteroatoms. The van der Waals surface area contributed by atoms with Gasteiger partial charge in [0, 0.05) is 11.1 Å². The smallest absolute Gasteiger partial charge is 0.387 e. The Bertz CT molecular complexity index is 435. The van der Waals surface area contributed by atoms with Crippen molar-refractivity contribution in [1.82, 2.24) is 0 Å². The highest BCUT2D eigenvalue weighted by Gasteiger charge is 2.20. The standard InChI is InChI=1S/C10H7ClF4O2/c1-4(16)6-2-5(17-10(14)15)3-7(8(6)11)9(12)13/h2-3,9-10H,1H3. The van der Waals surface area contributed by atoms with Gasteiger partial charge in [-0.05, 0) is 19.1 Å². The molecule has 1 aromatic rings. The van der Waals surface area contributed by atoms with Crippen LogP contribution < -0.4 is 4.74 Å². The van der Waals surface area contributed by atoms with Crippen LogP contribution in [0, 0.1) is 0 Å². The van der Waals surface area contributed by atoms with Crippen LogP contribution in [0.15, 0.2) is 12.1 Å². The fourth-order valence-corrected chi connectivity index (χ4v) is 1.53. The SMILES string of the molecule is CC(=O)c1cc(OC(F)F)cc(C(F)F)c1Cl. The zero-order valence-electron chi connectivity index (χ0n) is 8.52. The van der Waals surface area contributed by atoms with E-state index in [1.165, 1.54) is 0 Å². The lowest BCUT2D eigenvalue weighted by Gasteiger charge is -2.11. The number of halogens is 5. The average molecular weight is 271 g/mol. The second kappa shape index (κ2) is 5.35. The molecule has 0 bridgehead atoms. The number of hydrogen-bond donors (Lipinski definition) is 0. The molecule has 94 valence electrons. The third kappa shape index (κ3) is 3.33. The van der Waals surface area contributed by atoms with Crippen molar-refractivity contribution in [2.75, 3.05) is 0 Å². The number of benzene rings is 1. The molecule has 1 rings (SSSR count). The normalized spacial score (nSPS) is 11.1. The number of hydrogen-bond acceptors (Lipinski definition) is 2. The van der Waals surface area contributed by atoms with E-state index >= 15 is 0 Å². The first-order chi connectivity index (χ1) is 7.82. The molecule has 0 N–H and O–H groups in total. The quantitative estimate of drug-likeness (QED) is 0.609. The van der Waals surface area contributed by atoms with E-state index in [4.69, 9.17) is 11.6 Å². The van der Waals surface area contributed by atoms with Crippen molar-refractivity contribution in [3.05, 3.63) is 28.3 Å². The zero-order chi connectivity index (χ0) is 13.2. The van der Waals surface area contributed by atoms with Crippen LogP contribution in [-0.4, -0.2) is 12.4 Å². The molecule has 2 nitrogen and oxygen atoms in total. The number of alkyl halides is 4. The minimum Gasteiger partial charge on any atom is -0.435 e. The van der Waals surface area contributed by atoms with E-state index in [1.807, 2.05) is 0 Å². The minimum absolute atomic E-state index is 0.278. The Kier molecular flexibility index (Phi) is 4.34. The highest BCUT2D eigenvalue weighted by Crippen LogP contribution is 2.34. The summed E-state index contributed by atoms with van der Waals surface area (Å²) in [6.07, 6.45) is -2.98. The Morgan fingerprint density at radius 2 is 1.88 bits per heavy atom. The predicted molar refractivity (Wildman–Crippen MR) is 53.0 cm³/mol. The van der Waals surface area contributed by atoms with Gasteiger partial charge in [-0.3, -0.25) is 4.79 Å². The third-order valence-electron chi connectivity index (χ3n) is 1.91. The maximum absolute atomic E-state index is 12.5. The van der Waals surface area contributed by atoms with Gasteiger partial charge in [-0.2, -0.15) is 8.78 Å². The molecule has 0 radical (unpaired) electrons. The molecule has 1 aromatic carbocycles. The van der Waals surface area contributed by atoms with Crippen molar-refractivity contribution in [2.45, 2.75) is 20.0 Å². The third-order valence-corrected chi connectivity index (χ3v) is 2.34. The topological polar surface area (TPSA) is 26.3 Å². The molecule has 0 unspecified atom stereocenters. The second-order valence-corrected chi connectivity index (χ2v) is 3.49. The molecule has 0 aliphatic rings. The fourth-order valence-electron chi connectivity index (χ4n) is 1.21. The molecule has 0 aromatic heterocycles. The largest absolute Gasteiger partial charge is 0.435 e. The molecule has 0 amide bonds. The number of rotatable bonds is 4. The van der Waals surface area contributed by atoms with E-state index in [9.17, 15) is 22.4 Å². The Morgan fingerprint density at radius 1 is 1.29 bits per heavy atom. The average Bonchev–Trinajstić information content (AvgIpc) is 2.18. The first kappa shape index (κ1) is 13.8. The molecule has 17 heavy (non-hydrogen) atoms. The van der Waals surface area contributed by atoms with E-state index in [1.54, 1.807) is 0 Å². The monoisotopic (exact) mass is 270 g/mol. The van der Waals surface area contributed by atoms with Gasteiger partial charge in [-0.15, -0.1) is 0 Å². The van der Waals surface area contributed by atoms with E-state index in [2.05, 4.69) is 4.74 Å². The Labute approximate surface area is 99.1 Å². The van der Waals surface area contributed by atoms with Crippen LogP contribution in [-0.2, 0) is 0 Å². The molecular formula is C10H7ClF4O2. The minimum atomic E-state index is -3.17. The summed E-state index contributed by atoms with van der Waals surface area (Å²) in [6.45, 7) is -2.08. The lowest BCUT2D eigenvalue weighted by molar-refractivity contribution is -0.0500. The summed E-state index contributed by atoms with van der Waals surface area (Å²) in [5, 5.41) is -0.450. The van der Waals surface area contributed by atoms with Gasteiger partial charge in [0.15, 0.2) is 5.78 Å². The van der Waals surface area contributed by atoms with Gasteiger partial charge >= 0.3 is 6.61 Å². The molecule has 0 saturated heterocycles. The first-order valence-electron chi connectivity index (χ1n) is 4.40. The molecule has 0 aliphatic heterocycles. The summed E-state index contributed by atoms with van der Waals surface area (Å²) in [4.78, 5) is 11.1. The van der Waals surface area contributed by atoms with Crippen molar-refractivity contribution < 1.29 is 27.1 Å². The number of Topliss-reactive ketones (excluding diaryl/α,β-unsaturated/α-hetero) is 1. The Hall–Kier alpha value is -1.30. The highest BCUT2D eigenvalue weighted by atomic mass is 35.5. The summed E-state index contributed by atoms with van der Waals surface area (Å²) in [7, 11) is 0. The van der Waals surface area contributed by atoms with Gasteiger partial charge in [0.2, 0.25) is 0 Å². The van der Waals surface area contributed by atoms with Crippen LogP contribution in [0.4, 0.5) is 17.6 Å². The molecular weight excluding hydrogens is 264 g/mol. The van der Waals surface area contributed by atoms with Crippen molar-refractivity contribution in [3.8, 4) is 5.75 Å². The summed E-state index contributed by atoms with van der Waals surface area (Å²) in [6, 6.07) is 1.59. The summed E-state index contributed by atoms with van der Waals surface area (Å²) < 4.78 is 53.0. The van der Waals surface area contributed by atoms with Crippen LogP contribution in [0.1, 0.15) is 29.3 Å². The molecule has 0 spiro atoms. The van der Waals surface area contributed by atoms with Crippen LogP contribution in [0.3, 0.4) is 0 Å². The molecule has 0 heterocycles. The lowest BCUT2D eigenvalue weighted by atomic mass is 10.1. The van der Waals surface area contributed by atoms with Gasteiger partial charge in [0.1, 0.15) is 5.75 Å². The number of carbonyl (C=O) groups excluding carboxylic acids is 1. The van der Waals surface area contributed by atoms with E-state index in [0.29, 0.717) is 6.07 Å². The summed E-state index contributed by atoms with van der Waals surface area (Å²) in [5.41, 5.74) is -0.991. The van der Waals surface area contributed by atoms with E-state index in [0.717, 1.165) is 13.0 Å². The van der Waals surface area contributed by atoms with E-state index < -0.39 is 35.2 Å². The van der Waals surface area contributed by atoms with Gasteiger partial charge in [0.25, 0.3) is 6.43 Å². The van der Waals surface area contributed by atoms with Crippen LogP contribution >= 0.6 is 11.6 Å². The second-order valence-electron chi connectivity index (χ2n) is 3.11. The summed E-state index contributed by atoms with van der Waals surface area (Å²) in [5.74, 6) is -1.14.